The summed E-state index contributed by atoms with van der Waals surface area (Å²) in [5.74, 6) is -0.325. The molecular formula is C14H18FN3O2. The Hall–Kier alpha value is -1.82. The predicted molar refractivity (Wildman–Crippen MR) is 73.1 cm³/mol. The van der Waals surface area contributed by atoms with Crippen molar-refractivity contribution in [3.63, 3.8) is 0 Å². The number of halogens is 1. The van der Waals surface area contributed by atoms with Gasteiger partial charge in [-0.3, -0.25) is 0 Å². The van der Waals surface area contributed by atoms with Gasteiger partial charge in [0.2, 0.25) is 0 Å². The minimum Gasteiger partial charge on any atom is -0.389 e. The Morgan fingerprint density at radius 3 is 2.95 bits per heavy atom. The zero-order valence-electron chi connectivity index (χ0n) is 11.3. The number of aliphatic hydroxyl groups is 1. The third kappa shape index (κ3) is 2.20. The largest absolute Gasteiger partial charge is 0.389 e. The van der Waals surface area contributed by atoms with Crippen LogP contribution in [-0.4, -0.2) is 48.3 Å². The zero-order chi connectivity index (χ0) is 14.3. The molecule has 2 N–H and O–H groups in total. The maximum Gasteiger partial charge on any atom is 0.317 e. The third-order valence-electron chi connectivity index (χ3n) is 4.03. The first kappa shape index (κ1) is 13.2. The number of benzene rings is 1. The molecule has 1 aromatic carbocycles. The van der Waals surface area contributed by atoms with Gasteiger partial charge in [0.1, 0.15) is 5.82 Å². The van der Waals surface area contributed by atoms with E-state index in [-0.39, 0.29) is 17.9 Å². The number of urea groups is 1. The molecule has 0 aliphatic carbocycles. The molecule has 6 heteroatoms. The summed E-state index contributed by atoms with van der Waals surface area (Å²) in [6, 6.07) is 4.90. The monoisotopic (exact) mass is 279 g/mol. The highest BCUT2D eigenvalue weighted by atomic mass is 19.1. The summed E-state index contributed by atoms with van der Waals surface area (Å²) < 4.78 is 14.2. The zero-order valence-corrected chi connectivity index (χ0v) is 11.3. The minimum atomic E-state index is -0.674. The van der Waals surface area contributed by atoms with Gasteiger partial charge in [-0.2, -0.15) is 0 Å². The van der Waals surface area contributed by atoms with Crippen LogP contribution in [0.15, 0.2) is 18.2 Å². The van der Waals surface area contributed by atoms with Crippen molar-refractivity contribution in [3.05, 3.63) is 29.6 Å². The molecular weight excluding hydrogens is 261 g/mol. The summed E-state index contributed by atoms with van der Waals surface area (Å²) in [6.07, 6.45) is -0.674. The molecule has 2 aliphatic heterocycles. The van der Waals surface area contributed by atoms with Gasteiger partial charge in [0, 0.05) is 26.2 Å². The molecule has 0 radical (unpaired) electrons. The molecule has 20 heavy (non-hydrogen) atoms. The molecule has 0 saturated carbocycles. The van der Waals surface area contributed by atoms with Crippen LogP contribution in [0.4, 0.5) is 14.9 Å². The number of amides is 2. The number of piperazine rings is 1. The molecule has 2 amide bonds. The molecule has 2 heterocycles. The fourth-order valence-electron chi connectivity index (χ4n) is 2.86. The smallest absolute Gasteiger partial charge is 0.317 e. The molecule has 2 saturated heterocycles. The van der Waals surface area contributed by atoms with Crippen LogP contribution < -0.4 is 10.2 Å². The van der Waals surface area contributed by atoms with E-state index in [0.29, 0.717) is 37.4 Å². The first-order valence-electron chi connectivity index (χ1n) is 6.83. The van der Waals surface area contributed by atoms with Crippen LogP contribution in [0, 0.1) is 5.82 Å². The molecule has 2 aliphatic rings. The van der Waals surface area contributed by atoms with Gasteiger partial charge < -0.3 is 20.2 Å². The lowest BCUT2D eigenvalue weighted by Crippen LogP contribution is -2.52. The van der Waals surface area contributed by atoms with Gasteiger partial charge in [0.15, 0.2) is 0 Å². The van der Waals surface area contributed by atoms with Crippen molar-refractivity contribution in [1.82, 2.24) is 10.2 Å². The van der Waals surface area contributed by atoms with Gasteiger partial charge in [-0.05, 0) is 24.6 Å². The number of aliphatic hydroxyl groups excluding tert-OH is 1. The Kier molecular flexibility index (Phi) is 3.25. The second-order valence-corrected chi connectivity index (χ2v) is 5.37. The van der Waals surface area contributed by atoms with E-state index >= 15 is 0 Å². The number of hydrogen-bond acceptors (Lipinski definition) is 3. The number of hydrogen-bond donors (Lipinski definition) is 2. The Balaban J connectivity index is 1.79. The van der Waals surface area contributed by atoms with Crippen molar-refractivity contribution >= 4 is 11.7 Å². The Labute approximate surface area is 117 Å². The van der Waals surface area contributed by atoms with Gasteiger partial charge in [-0.25, -0.2) is 9.18 Å². The molecule has 5 nitrogen and oxygen atoms in total. The molecule has 2 fully saturated rings. The quantitative estimate of drug-likeness (QED) is 0.852. The summed E-state index contributed by atoms with van der Waals surface area (Å²) in [7, 11) is 0. The van der Waals surface area contributed by atoms with E-state index in [9.17, 15) is 14.3 Å². The Bertz CT molecular complexity index is 535. The lowest BCUT2D eigenvalue weighted by atomic mass is 10.1. The summed E-state index contributed by atoms with van der Waals surface area (Å²) in [4.78, 5) is 15.3. The normalized spacial score (nSPS) is 23.6. The number of carbonyl (C=O) groups excluding carboxylic acids is 1. The van der Waals surface area contributed by atoms with Crippen LogP contribution in [0.25, 0.3) is 0 Å². The fourth-order valence-corrected chi connectivity index (χ4v) is 2.86. The van der Waals surface area contributed by atoms with Crippen molar-refractivity contribution in [3.8, 4) is 0 Å². The number of carbonyl (C=O) groups is 1. The van der Waals surface area contributed by atoms with Crippen molar-refractivity contribution in [1.29, 1.82) is 0 Å². The molecule has 108 valence electrons. The molecule has 0 aromatic heterocycles. The van der Waals surface area contributed by atoms with E-state index in [4.69, 9.17) is 0 Å². The molecule has 0 spiro atoms. The highest BCUT2D eigenvalue weighted by molar-refractivity contribution is 5.77. The number of nitrogens with one attached hydrogen (secondary N) is 1. The number of fused-ring (bicyclic) bond motifs is 1. The SMILES string of the molecule is C[C@@H](O)c1ccc(N2CCN3C(=O)NCC3C2)c(F)c1. The molecule has 1 aromatic rings. The van der Waals surface area contributed by atoms with Gasteiger partial charge >= 0.3 is 6.03 Å². The number of anilines is 1. The van der Waals surface area contributed by atoms with E-state index in [1.165, 1.54) is 6.07 Å². The van der Waals surface area contributed by atoms with E-state index in [2.05, 4.69) is 5.32 Å². The van der Waals surface area contributed by atoms with Crippen molar-refractivity contribution in [2.45, 2.75) is 19.1 Å². The number of rotatable bonds is 2. The van der Waals surface area contributed by atoms with Crippen LogP contribution >= 0.6 is 0 Å². The van der Waals surface area contributed by atoms with Crippen LogP contribution in [0.1, 0.15) is 18.6 Å². The third-order valence-corrected chi connectivity index (χ3v) is 4.03. The highest BCUT2D eigenvalue weighted by Gasteiger charge is 2.35. The highest BCUT2D eigenvalue weighted by Crippen LogP contribution is 2.26. The average Bonchev–Trinajstić information content (AvgIpc) is 2.79. The van der Waals surface area contributed by atoms with Crippen molar-refractivity contribution in [2.24, 2.45) is 0 Å². The second kappa shape index (κ2) is 4.94. The first-order valence-corrected chi connectivity index (χ1v) is 6.83. The van der Waals surface area contributed by atoms with Gasteiger partial charge in [0.05, 0.1) is 17.8 Å². The van der Waals surface area contributed by atoms with Gasteiger partial charge in [-0.1, -0.05) is 6.07 Å². The lowest BCUT2D eigenvalue weighted by molar-refractivity contribution is 0.196. The molecule has 2 atom stereocenters. The topological polar surface area (TPSA) is 55.8 Å². The summed E-state index contributed by atoms with van der Waals surface area (Å²) in [5, 5.41) is 12.3. The fraction of sp³-hybridized carbons (Fsp3) is 0.500. The minimum absolute atomic E-state index is 0.0282. The van der Waals surface area contributed by atoms with E-state index in [0.717, 1.165) is 0 Å². The van der Waals surface area contributed by atoms with Gasteiger partial charge in [-0.15, -0.1) is 0 Å². The van der Waals surface area contributed by atoms with E-state index < -0.39 is 6.10 Å². The van der Waals surface area contributed by atoms with Crippen LogP contribution in [0.2, 0.25) is 0 Å². The number of nitrogens with zero attached hydrogens (tertiary/aromatic N) is 2. The molecule has 3 rings (SSSR count). The maximum atomic E-state index is 14.2. The maximum absolute atomic E-state index is 14.2. The van der Waals surface area contributed by atoms with Crippen molar-refractivity contribution < 1.29 is 14.3 Å². The van der Waals surface area contributed by atoms with Gasteiger partial charge in [0.25, 0.3) is 0 Å². The van der Waals surface area contributed by atoms with E-state index in [1.54, 1.807) is 24.0 Å². The van der Waals surface area contributed by atoms with E-state index in [1.807, 2.05) is 4.90 Å². The van der Waals surface area contributed by atoms with Crippen LogP contribution in [0.5, 0.6) is 0 Å². The summed E-state index contributed by atoms with van der Waals surface area (Å²) in [6.45, 7) is 4.08. The standard InChI is InChI=1S/C14H18FN3O2/c1-9(19)10-2-3-13(12(15)6-10)17-4-5-18-11(8-17)7-16-14(18)20/h2-3,6,9,11,19H,4-5,7-8H2,1H3,(H,16,20)/t9-,11?/m1/s1. The Morgan fingerprint density at radius 1 is 1.45 bits per heavy atom. The molecule has 0 bridgehead atoms. The van der Waals surface area contributed by atoms with Crippen LogP contribution in [-0.2, 0) is 0 Å². The summed E-state index contributed by atoms with van der Waals surface area (Å²) >= 11 is 0. The lowest BCUT2D eigenvalue weighted by Gasteiger charge is -2.38. The Morgan fingerprint density at radius 2 is 2.25 bits per heavy atom. The first-order chi connectivity index (χ1) is 9.56. The predicted octanol–water partition coefficient (Wildman–Crippen LogP) is 1.09. The summed E-state index contributed by atoms with van der Waals surface area (Å²) in [5.41, 5.74) is 1.11. The van der Waals surface area contributed by atoms with Crippen molar-refractivity contribution in [2.75, 3.05) is 31.1 Å². The second-order valence-electron chi connectivity index (χ2n) is 5.37. The average molecular weight is 279 g/mol. The molecule has 1 unspecified atom stereocenters. The van der Waals surface area contributed by atoms with Crippen LogP contribution in [0.3, 0.4) is 0 Å².